The summed E-state index contributed by atoms with van der Waals surface area (Å²) in [6.07, 6.45) is 3.02. The maximum atomic E-state index is 13.8. The summed E-state index contributed by atoms with van der Waals surface area (Å²) in [6, 6.07) is 20.8. The Morgan fingerprint density at radius 1 is 0.675 bits per heavy atom. The molecule has 3 rings (SSSR count). The second-order valence-corrected chi connectivity index (χ2v) is 15.6. The lowest BCUT2D eigenvalue weighted by Gasteiger charge is -2.25. The zero-order valence-corrected chi connectivity index (χ0v) is 26.4. The molecule has 3 aromatic carbocycles. The van der Waals surface area contributed by atoms with Crippen LogP contribution in [0.5, 0.6) is 0 Å². The van der Waals surface area contributed by atoms with Crippen LogP contribution in [0.2, 0.25) is 0 Å². The van der Waals surface area contributed by atoms with Gasteiger partial charge in [0.1, 0.15) is 0 Å². The number of rotatable bonds is 11. The average molecular weight is 586 g/mol. The average Bonchev–Trinajstić information content (AvgIpc) is 2.89. The maximum absolute atomic E-state index is 13.8. The third kappa shape index (κ3) is 7.95. The standard InChI is InChI=1S/C32H43NO5S2/c1-8-9-10-25-11-17-28(18-12-25)33(39(34,35)29-19-13-26(14-20-29)31(2,3)4)23-24-38-40(36,37)30-21-15-27(16-22-30)32(5,6)7/h11-22H,8-10,23-24H2,1-7H3. The number of nitrogens with zero attached hydrogens (tertiary/aromatic N) is 1. The van der Waals surface area contributed by atoms with Gasteiger partial charge < -0.3 is 0 Å². The van der Waals surface area contributed by atoms with Crippen molar-refractivity contribution in [1.29, 1.82) is 0 Å². The van der Waals surface area contributed by atoms with Crippen LogP contribution in [0.3, 0.4) is 0 Å². The second kappa shape index (κ2) is 12.5. The molecular formula is C32H43NO5S2. The normalized spacial score (nSPS) is 12.9. The molecule has 0 fully saturated rings. The van der Waals surface area contributed by atoms with Crippen LogP contribution in [0.25, 0.3) is 0 Å². The van der Waals surface area contributed by atoms with Crippen molar-refractivity contribution in [1.82, 2.24) is 0 Å². The highest BCUT2D eigenvalue weighted by molar-refractivity contribution is 7.92. The summed E-state index contributed by atoms with van der Waals surface area (Å²) in [7, 11) is -8.06. The number of anilines is 1. The van der Waals surface area contributed by atoms with Gasteiger partial charge in [0.15, 0.2) is 0 Å². The first-order valence-corrected chi connectivity index (χ1v) is 16.6. The van der Waals surface area contributed by atoms with Crippen molar-refractivity contribution in [2.75, 3.05) is 17.5 Å². The Morgan fingerprint density at radius 3 is 1.60 bits per heavy atom. The number of aryl methyl sites for hydroxylation is 1. The first-order chi connectivity index (χ1) is 18.6. The molecule has 0 heterocycles. The number of benzene rings is 3. The molecule has 0 aromatic heterocycles. The molecule has 0 radical (unpaired) electrons. The predicted octanol–water partition coefficient (Wildman–Crippen LogP) is 7.23. The summed E-state index contributed by atoms with van der Waals surface area (Å²) in [5, 5.41) is 0. The minimum atomic E-state index is -4.07. The van der Waals surface area contributed by atoms with Crippen molar-refractivity contribution >= 4 is 25.8 Å². The molecular weight excluding hydrogens is 542 g/mol. The van der Waals surface area contributed by atoms with Gasteiger partial charge in [0.25, 0.3) is 20.1 Å². The zero-order chi connectivity index (χ0) is 29.8. The molecule has 40 heavy (non-hydrogen) atoms. The molecule has 0 amide bonds. The predicted molar refractivity (Wildman–Crippen MR) is 163 cm³/mol. The zero-order valence-electron chi connectivity index (χ0n) is 24.8. The van der Waals surface area contributed by atoms with Crippen LogP contribution in [-0.4, -0.2) is 30.0 Å². The van der Waals surface area contributed by atoms with E-state index in [4.69, 9.17) is 4.18 Å². The van der Waals surface area contributed by atoms with E-state index in [2.05, 4.69) is 48.5 Å². The van der Waals surface area contributed by atoms with Gasteiger partial charge in [-0.2, -0.15) is 8.42 Å². The third-order valence-corrected chi connectivity index (χ3v) is 10.1. The highest BCUT2D eigenvalue weighted by atomic mass is 32.2. The van der Waals surface area contributed by atoms with Crippen LogP contribution in [0.4, 0.5) is 5.69 Å². The van der Waals surface area contributed by atoms with Gasteiger partial charge in [0.05, 0.1) is 28.6 Å². The summed E-state index contributed by atoms with van der Waals surface area (Å²) in [4.78, 5) is 0.170. The van der Waals surface area contributed by atoms with E-state index in [9.17, 15) is 16.8 Å². The van der Waals surface area contributed by atoms with Crippen LogP contribution in [0.1, 0.15) is 78.0 Å². The highest BCUT2D eigenvalue weighted by Crippen LogP contribution is 2.28. The fourth-order valence-electron chi connectivity index (χ4n) is 4.27. The highest BCUT2D eigenvalue weighted by Gasteiger charge is 2.27. The van der Waals surface area contributed by atoms with Gasteiger partial charge in [-0.1, -0.05) is 91.3 Å². The van der Waals surface area contributed by atoms with Crippen molar-refractivity contribution in [2.45, 2.75) is 88.3 Å². The second-order valence-electron chi connectivity index (χ2n) is 12.2. The van der Waals surface area contributed by atoms with E-state index in [1.807, 2.05) is 24.3 Å². The Bertz CT molecular complexity index is 1460. The molecule has 0 saturated carbocycles. The lowest BCUT2D eigenvalue weighted by atomic mass is 9.87. The van der Waals surface area contributed by atoms with E-state index in [0.29, 0.717) is 5.69 Å². The molecule has 0 saturated heterocycles. The molecule has 0 aliphatic carbocycles. The number of sulfonamides is 1. The van der Waals surface area contributed by atoms with Crippen LogP contribution in [0.15, 0.2) is 82.6 Å². The van der Waals surface area contributed by atoms with Crippen LogP contribution >= 0.6 is 0 Å². The van der Waals surface area contributed by atoms with E-state index >= 15 is 0 Å². The van der Waals surface area contributed by atoms with Crippen LogP contribution < -0.4 is 4.31 Å². The van der Waals surface area contributed by atoms with Gasteiger partial charge in [-0.05, 0) is 76.8 Å². The van der Waals surface area contributed by atoms with Crippen molar-refractivity contribution in [3.8, 4) is 0 Å². The first kappa shape index (κ1) is 31.8. The summed E-state index contributed by atoms with van der Waals surface area (Å²) in [5.74, 6) is 0. The Hall–Kier alpha value is -2.68. The third-order valence-electron chi connectivity index (χ3n) is 6.89. The summed E-state index contributed by atoms with van der Waals surface area (Å²) < 4.78 is 60.0. The molecule has 8 heteroatoms. The van der Waals surface area contributed by atoms with E-state index in [1.165, 1.54) is 16.4 Å². The van der Waals surface area contributed by atoms with Crippen LogP contribution in [-0.2, 0) is 41.6 Å². The fraction of sp³-hybridized carbons (Fsp3) is 0.438. The van der Waals surface area contributed by atoms with Gasteiger partial charge in [-0.25, -0.2) is 8.42 Å². The van der Waals surface area contributed by atoms with E-state index in [1.54, 1.807) is 36.4 Å². The van der Waals surface area contributed by atoms with Crippen LogP contribution in [0, 0.1) is 0 Å². The molecule has 6 nitrogen and oxygen atoms in total. The summed E-state index contributed by atoms with van der Waals surface area (Å²) in [5.41, 5.74) is 3.36. The topological polar surface area (TPSA) is 80.8 Å². The van der Waals surface area contributed by atoms with Crippen molar-refractivity contribution < 1.29 is 21.0 Å². The largest absolute Gasteiger partial charge is 0.297 e. The van der Waals surface area contributed by atoms with Gasteiger partial charge in [0.2, 0.25) is 0 Å². The molecule has 0 spiro atoms. The van der Waals surface area contributed by atoms with Gasteiger partial charge >= 0.3 is 0 Å². The minimum Gasteiger partial charge on any atom is -0.264 e. The number of hydrogen-bond donors (Lipinski definition) is 0. The van der Waals surface area contributed by atoms with E-state index in [0.717, 1.165) is 36.0 Å². The van der Waals surface area contributed by atoms with Crippen molar-refractivity contribution in [3.05, 3.63) is 89.5 Å². The van der Waals surface area contributed by atoms with Crippen molar-refractivity contribution in [3.63, 3.8) is 0 Å². The lowest BCUT2D eigenvalue weighted by Crippen LogP contribution is -2.34. The van der Waals surface area contributed by atoms with Gasteiger partial charge in [-0.15, -0.1) is 0 Å². The van der Waals surface area contributed by atoms with E-state index in [-0.39, 0.29) is 33.8 Å². The van der Waals surface area contributed by atoms with E-state index < -0.39 is 20.1 Å². The molecule has 218 valence electrons. The van der Waals surface area contributed by atoms with Gasteiger partial charge in [-0.3, -0.25) is 8.49 Å². The molecule has 0 unspecified atom stereocenters. The quantitative estimate of drug-likeness (QED) is 0.222. The minimum absolute atomic E-state index is 0.0351. The monoisotopic (exact) mass is 585 g/mol. The molecule has 3 aromatic rings. The fourth-order valence-corrected chi connectivity index (χ4v) is 6.62. The molecule has 0 aliphatic heterocycles. The maximum Gasteiger partial charge on any atom is 0.297 e. The molecule has 0 atom stereocenters. The number of hydrogen-bond acceptors (Lipinski definition) is 5. The lowest BCUT2D eigenvalue weighted by molar-refractivity contribution is 0.327. The molecule has 0 aliphatic rings. The number of unbranched alkanes of at least 4 members (excludes halogenated alkanes) is 1. The van der Waals surface area contributed by atoms with Crippen molar-refractivity contribution in [2.24, 2.45) is 0 Å². The van der Waals surface area contributed by atoms with Gasteiger partial charge in [0, 0.05) is 0 Å². The summed E-state index contributed by atoms with van der Waals surface area (Å²) >= 11 is 0. The molecule has 0 bridgehead atoms. The first-order valence-electron chi connectivity index (χ1n) is 13.8. The Labute approximate surface area is 241 Å². The smallest absolute Gasteiger partial charge is 0.264 e. The summed E-state index contributed by atoms with van der Waals surface area (Å²) in [6.45, 7) is 14.0. The Morgan fingerprint density at radius 2 is 1.15 bits per heavy atom. The Balaban J connectivity index is 1.87. The molecule has 0 N–H and O–H groups in total. The Kier molecular flexibility index (Phi) is 9.91. The SMILES string of the molecule is CCCCc1ccc(N(CCOS(=O)(=O)c2ccc(C(C)(C)C)cc2)S(=O)(=O)c2ccc(C(C)(C)C)cc2)cc1.